The van der Waals surface area contributed by atoms with Crippen molar-refractivity contribution in [2.45, 2.75) is 66.2 Å². The average Bonchev–Trinajstić information content (AvgIpc) is 2.41. The Bertz CT molecular complexity index is 486. The van der Waals surface area contributed by atoms with Crippen LogP contribution in [0.2, 0.25) is 0 Å². The molecule has 0 saturated carbocycles. The molecule has 0 aliphatic heterocycles. The van der Waals surface area contributed by atoms with E-state index in [-0.39, 0.29) is 18.1 Å². The number of hydrogen-bond acceptors (Lipinski definition) is 3. The van der Waals surface area contributed by atoms with Gasteiger partial charge in [0.1, 0.15) is 5.75 Å². The number of amides is 1. The predicted molar refractivity (Wildman–Crippen MR) is 84.4 cm³/mol. The standard InChI is InChI=1S/C17H27NO3/c1-7-17(5,6)18-16(20)13(4)21-15-11(2)8-14(10-19)9-12(15)3/h8-9,13,19H,7,10H2,1-6H3,(H,18,20). The van der Waals surface area contributed by atoms with Crippen molar-refractivity contribution < 1.29 is 14.6 Å². The van der Waals surface area contributed by atoms with Gasteiger partial charge in [-0.25, -0.2) is 0 Å². The second-order valence-corrected chi connectivity index (χ2v) is 6.20. The van der Waals surface area contributed by atoms with E-state index in [1.807, 2.05) is 46.8 Å². The van der Waals surface area contributed by atoms with E-state index in [0.29, 0.717) is 5.75 Å². The summed E-state index contributed by atoms with van der Waals surface area (Å²) in [6, 6.07) is 3.76. The fourth-order valence-electron chi connectivity index (χ4n) is 2.07. The zero-order valence-corrected chi connectivity index (χ0v) is 13.9. The summed E-state index contributed by atoms with van der Waals surface area (Å²) in [5, 5.41) is 12.2. The van der Waals surface area contributed by atoms with Crippen LogP contribution in [0, 0.1) is 13.8 Å². The monoisotopic (exact) mass is 293 g/mol. The highest BCUT2D eigenvalue weighted by Crippen LogP contribution is 2.26. The number of carbonyl (C=O) groups is 1. The van der Waals surface area contributed by atoms with Gasteiger partial charge in [0, 0.05) is 5.54 Å². The van der Waals surface area contributed by atoms with E-state index in [1.165, 1.54) is 0 Å². The Labute approximate surface area is 127 Å². The van der Waals surface area contributed by atoms with Gasteiger partial charge in [-0.05, 0) is 57.7 Å². The highest BCUT2D eigenvalue weighted by atomic mass is 16.5. The fourth-order valence-corrected chi connectivity index (χ4v) is 2.07. The molecule has 118 valence electrons. The lowest BCUT2D eigenvalue weighted by molar-refractivity contribution is -0.129. The summed E-state index contributed by atoms with van der Waals surface area (Å²) < 4.78 is 5.83. The molecule has 1 unspecified atom stereocenters. The van der Waals surface area contributed by atoms with Crippen molar-refractivity contribution in [1.29, 1.82) is 0 Å². The molecule has 0 aliphatic carbocycles. The molecule has 0 spiro atoms. The summed E-state index contributed by atoms with van der Waals surface area (Å²) in [5.41, 5.74) is 2.46. The molecule has 4 nitrogen and oxygen atoms in total. The van der Waals surface area contributed by atoms with Gasteiger partial charge in [0.25, 0.3) is 5.91 Å². The van der Waals surface area contributed by atoms with E-state index in [4.69, 9.17) is 4.74 Å². The summed E-state index contributed by atoms with van der Waals surface area (Å²) >= 11 is 0. The van der Waals surface area contributed by atoms with Gasteiger partial charge < -0.3 is 15.2 Å². The first-order chi connectivity index (χ1) is 9.70. The Balaban J connectivity index is 2.84. The summed E-state index contributed by atoms with van der Waals surface area (Å²) in [6.45, 7) is 11.6. The molecular weight excluding hydrogens is 266 g/mol. The van der Waals surface area contributed by atoms with Crippen molar-refractivity contribution in [2.75, 3.05) is 0 Å². The van der Waals surface area contributed by atoms with E-state index < -0.39 is 6.10 Å². The minimum absolute atomic E-state index is 0.00267. The molecular formula is C17H27NO3. The Kier molecular flexibility index (Phi) is 5.78. The van der Waals surface area contributed by atoms with Crippen LogP contribution in [0.3, 0.4) is 0 Å². The molecule has 0 radical (unpaired) electrons. The van der Waals surface area contributed by atoms with Gasteiger partial charge in [0.2, 0.25) is 0 Å². The van der Waals surface area contributed by atoms with E-state index in [9.17, 15) is 9.90 Å². The lowest BCUT2D eigenvalue weighted by atomic mass is 10.0. The Morgan fingerprint density at radius 1 is 1.33 bits per heavy atom. The van der Waals surface area contributed by atoms with Crippen molar-refractivity contribution in [2.24, 2.45) is 0 Å². The van der Waals surface area contributed by atoms with Crippen LogP contribution in [0.4, 0.5) is 0 Å². The van der Waals surface area contributed by atoms with Gasteiger partial charge in [-0.3, -0.25) is 4.79 Å². The fraction of sp³-hybridized carbons (Fsp3) is 0.588. The van der Waals surface area contributed by atoms with E-state index >= 15 is 0 Å². The van der Waals surface area contributed by atoms with E-state index in [1.54, 1.807) is 6.92 Å². The molecule has 1 aromatic rings. The van der Waals surface area contributed by atoms with Gasteiger partial charge in [0.15, 0.2) is 6.10 Å². The smallest absolute Gasteiger partial charge is 0.261 e. The van der Waals surface area contributed by atoms with Crippen molar-refractivity contribution in [3.8, 4) is 5.75 Å². The summed E-state index contributed by atoms with van der Waals surface area (Å²) in [5.74, 6) is 0.594. The SMILES string of the molecule is CCC(C)(C)NC(=O)C(C)Oc1c(C)cc(CO)cc1C. The lowest BCUT2D eigenvalue weighted by Crippen LogP contribution is -2.48. The third-order valence-electron chi connectivity index (χ3n) is 3.71. The molecule has 1 atom stereocenters. The largest absolute Gasteiger partial charge is 0.480 e. The first kappa shape index (κ1) is 17.5. The number of carbonyl (C=O) groups excluding carboxylic acids is 1. The lowest BCUT2D eigenvalue weighted by Gasteiger charge is -2.27. The van der Waals surface area contributed by atoms with Crippen LogP contribution in [-0.4, -0.2) is 22.7 Å². The van der Waals surface area contributed by atoms with Gasteiger partial charge in [-0.2, -0.15) is 0 Å². The Morgan fingerprint density at radius 2 is 1.86 bits per heavy atom. The number of rotatable bonds is 6. The third kappa shape index (κ3) is 4.74. The second-order valence-electron chi connectivity index (χ2n) is 6.20. The van der Waals surface area contributed by atoms with Crippen LogP contribution in [-0.2, 0) is 11.4 Å². The normalized spacial score (nSPS) is 12.9. The minimum Gasteiger partial charge on any atom is -0.480 e. The van der Waals surface area contributed by atoms with Crippen LogP contribution < -0.4 is 10.1 Å². The number of nitrogens with one attached hydrogen (secondary N) is 1. The molecule has 0 saturated heterocycles. The number of aliphatic hydroxyl groups excluding tert-OH is 1. The van der Waals surface area contributed by atoms with Crippen LogP contribution in [0.15, 0.2) is 12.1 Å². The second kappa shape index (κ2) is 6.94. The molecule has 4 heteroatoms. The topological polar surface area (TPSA) is 58.6 Å². The van der Waals surface area contributed by atoms with E-state index in [0.717, 1.165) is 23.1 Å². The van der Waals surface area contributed by atoms with E-state index in [2.05, 4.69) is 5.32 Å². The molecule has 0 bridgehead atoms. The minimum atomic E-state index is -0.562. The number of aliphatic hydroxyl groups is 1. The third-order valence-corrected chi connectivity index (χ3v) is 3.71. The quantitative estimate of drug-likeness (QED) is 0.848. The van der Waals surface area contributed by atoms with Crippen LogP contribution in [0.25, 0.3) is 0 Å². The molecule has 1 aromatic carbocycles. The van der Waals surface area contributed by atoms with Crippen LogP contribution >= 0.6 is 0 Å². The van der Waals surface area contributed by atoms with Crippen molar-refractivity contribution in [3.63, 3.8) is 0 Å². The van der Waals surface area contributed by atoms with Gasteiger partial charge in [-0.1, -0.05) is 19.1 Å². The summed E-state index contributed by atoms with van der Waals surface area (Å²) in [6.07, 6.45) is 0.294. The molecule has 0 fully saturated rings. The molecule has 2 N–H and O–H groups in total. The summed E-state index contributed by atoms with van der Waals surface area (Å²) in [7, 11) is 0. The van der Waals surface area contributed by atoms with Gasteiger partial charge in [-0.15, -0.1) is 0 Å². The average molecular weight is 293 g/mol. The number of ether oxygens (including phenoxy) is 1. The molecule has 0 aliphatic rings. The predicted octanol–water partition coefficient (Wildman–Crippen LogP) is 2.87. The molecule has 1 rings (SSSR count). The molecule has 0 aromatic heterocycles. The zero-order chi connectivity index (χ0) is 16.2. The first-order valence-electron chi connectivity index (χ1n) is 7.40. The van der Waals surface area contributed by atoms with Gasteiger partial charge in [0.05, 0.1) is 6.61 Å². The highest BCUT2D eigenvalue weighted by Gasteiger charge is 2.23. The Morgan fingerprint density at radius 3 is 2.29 bits per heavy atom. The maximum atomic E-state index is 12.2. The van der Waals surface area contributed by atoms with Gasteiger partial charge >= 0.3 is 0 Å². The number of hydrogen-bond donors (Lipinski definition) is 2. The molecule has 0 heterocycles. The maximum absolute atomic E-state index is 12.2. The van der Waals surface area contributed by atoms with Crippen molar-refractivity contribution in [3.05, 3.63) is 28.8 Å². The van der Waals surface area contributed by atoms with Crippen molar-refractivity contribution in [1.82, 2.24) is 5.32 Å². The Hall–Kier alpha value is -1.55. The van der Waals surface area contributed by atoms with Crippen LogP contribution in [0.1, 0.15) is 50.8 Å². The molecule has 1 amide bonds. The highest BCUT2D eigenvalue weighted by molar-refractivity contribution is 5.81. The first-order valence-corrected chi connectivity index (χ1v) is 7.40. The van der Waals surface area contributed by atoms with Crippen molar-refractivity contribution >= 4 is 5.91 Å². The number of aryl methyl sites for hydroxylation is 2. The van der Waals surface area contributed by atoms with Crippen LogP contribution in [0.5, 0.6) is 5.75 Å². The summed E-state index contributed by atoms with van der Waals surface area (Å²) in [4.78, 5) is 12.2. The molecule has 21 heavy (non-hydrogen) atoms. The zero-order valence-electron chi connectivity index (χ0n) is 13.9. The maximum Gasteiger partial charge on any atom is 0.261 e. The number of benzene rings is 1.